The van der Waals surface area contributed by atoms with Gasteiger partial charge in [0.2, 0.25) is 0 Å². The van der Waals surface area contributed by atoms with Crippen LogP contribution >= 0.6 is 0 Å². The van der Waals surface area contributed by atoms with E-state index in [0.29, 0.717) is 0 Å². The molecule has 4 aromatic rings. The molecule has 0 aromatic carbocycles. The van der Waals surface area contributed by atoms with Crippen LogP contribution in [0.3, 0.4) is 0 Å². The molecule has 4 heterocycles. The van der Waals surface area contributed by atoms with Crippen LogP contribution in [-0.2, 0) is 13.0 Å². The average Bonchev–Trinajstić information content (AvgIpc) is 3.24. The minimum atomic E-state index is 0.851. The molecule has 24 heavy (non-hydrogen) atoms. The van der Waals surface area contributed by atoms with Crippen molar-refractivity contribution in [2.75, 3.05) is 0 Å². The van der Waals surface area contributed by atoms with Gasteiger partial charge in [-0.2, -0.15) is 5.10 Å². The number of hydrogen-bond donors (Lipinski definition) is 0. The second-order valence-corrected chi connectivity index (χ2v) is 5.93. The van der Waals surface area contributed by atoms with Crippen LogP contribution in [0.5, 0.6) is 0 Å². The molecule has 0 saturated carbocycles. The van der Waals surface area contributed by atoms with E-state index in [1.807, 2.05) is 29.5 Å². The minimum absolute atomic E-state index is 0.851. The number of aromatic nitrogens is 5. The second kappa shape index (κ2) is 5.92. The maximum absolute atomic E-state index is 4.70. The number of rotatable bonds is 4. The average molecular weight is 317 g/mol. The van der Waals surface area contributed by atoms with E-state index in [1.165, 1.54) is 16.7 Å². The normalized spacial score (nSPS) is 11.2. The van der Waals surface area contributed by atoms with Gasteiger partial charge in [0, 0.05) is 48.9 Å². The first-order valence-electron chi connectivity index (χ1n) is 8.13. The fourth-order valence-corrected chi connectivity index (χ4v) is 3.00. The van der Waals surface area contributed by atoms with E-state index in [9.17, 15) is 0 Å². The van der Waals surface area contributed by atoms with Crippen molar-refractivity contribution in [2.24, 2.45) is 0 Å². The Labute approximate surface area is 140 Å². The monoisotopic (exact) mass is 317 g/mol. The lowest BCUT2D eigenvalue weighted by atomic mass is 10.0. The van der Waals surface area contributed by atoms with E-state index < -0.39 is 0 Å². The zero-order chi connectivity index (χ0) is 16.5. The van der Waals surface area contributed by atoms with Gasteiger partial charge in [0.25, 0.3) is 0 Å². The van der Waals surface area contributed by atoms with Crippen molar-refractivity contribution in [1.29, 1.82) is 0 Å². The van der Waals surface area contributed by atoms with E-state index in [1.54, 1.807) is 0 Å². The number of imidazole rings is 1. The minimum Gasteiger partial charge on any atom is -0.299 e. The zero-order valence-corrected chi connectivity index (χ0v) is 13.8. The lowest BCUT2D eigenvalue weighted by Gasteiger charge is -2.09. The van der Waals surface area contributed by atoms with E-state index in [0.717, 1.165) is 29.9 Å². The predicted octanol–water partition coefficient (Wildman–Crippen LogP) is 3.51. The Kier molecular flexibility index (Phi) is 3.61. The van der Waals surface area contributed by atoms with E-state index in [-0.39, 0.29) is 0 Å². The van der Waals surface area contributed by atoms with Crippen LogP contribution in [-0.4, -0.2) is 24.1 Å². The van der Waals surface area contributed by atoms with E-state index in [2.05, 4.69) is 58.9 Å². The maximum Gasteiger partial charge on any atom is 0.141 e. The molecular weight excluding hydrogens is 298 g/mol. The van der Waals surface area contributed by atoms with Crippen LogP contribution in [0.1, 0.15) is 23.6 Å². The molecule has 0 spiro atoms. The highest BCUT2D eigenvalue weighted by atomic mass is 15.3. The van der Waals surface area contributed by atoms with Gasteiger partial charge in [0.15, 0.2) is 0 Å². The Morgan fingerprint density at radius 1 is 1.08 bits per heavy atom. The fourth-order valence-electron chi connectivity index (χ4n) is 3.00. The quantitative estimate of drug-likeness (QED) is 0.579. The van der Waals surface area contributed by atoms with E-state index in [4.69, 9.17) is 4.98 Å². The summed E-state index contributed by atoms with van der Waals surface area (Å²) in [6, 6.07) is 6.26. The molecule has 0 aliphatic rings. The van der Waals surface area contributed by atoms with Crippen molar-refractivity contribution < 1.29 is 0 Å². The smallest absolute Gasteiger partial charge is 0.141 e. The van der Waals surface area contributed by atoms with Crippen LogP contribution < -0.4 is 0 Å². The molecule has 0 fully saturated rings. The van der Waals surface area contributed by atoms with Crippen molar-refractivity contribution in [1.82, 2.24) is 24.1 Å². The Hall–Kier alpha value is -2.95. The molecule has 5 heteroatoms. The van der Waals surface area contributed by atoms with Crippen LogP contribution in [0.4, 0.5) is 0 Å². The van der Waals surface area contributed by atoms with Gasteiger partial charge in [0.05, 0.1) is 18.1 Å². The van der Waals surface area contributed by atoms with Crippen LogP contribution in [0, 0.1) is 6.92 Å². The SMILES string of the molecule is CCn1cc(-c2cnc3c(Cc4ccncc4)c(C)ccn23)cn1. The lowest BCUT2D eigenvalue weighted by molar-refractivity contribution is 0.660. The summed E-state index contributed by atoms with van der Waals surface area (Å²) in [5.41, 5.74) is 6.90. The van der Waals surface area contributed by atoms with Gasteiger partial charge in [-0.1, -0.05) is 0 Å². The Morgan fingerprint density at radius 3 is 2.67 bits per heavy atom. The highest BCUT2D eigenvalue weighted by Crippen LogP contribution is 2.25. The van der Waals surface area contributed by atoms with E-state index >= 15 is 0 Å². The highest BCUT2D eigenvalue weighted by Gasteiger charge is 2.13. The third kappa shape index (κ3) is 2.48. The summed E-state index contributed by atoms with van der Waals surface area (Å²) in [4.78, 5) is 8.79. The largest absolute Gasteiger partial charge is 0.299 e. The predicted molar refractivity (Wildman–Crippen MR) is 93.9 cm³/mol. The molecule has 0 aliphatic carbocycles. The zero-order valence-electron chi connectivity index (χ0n) is 13.8. The molecule has 0 saturated heterocycles. The van der Waals surface area contributed by atoms with Crippen molar-refractivity contribution in [3.05, 3.63) is 72.1 Å². The number of nitrogens with zero attached hydrogens (tertiary/aromatic N) is 5. The highest BCUT2D eigenvalue weighted by molar-refractivity contribution is 5.65. The van der Waals surface area contributed by atoms with Crippen molar-refractivity contribution >= 4 is 5.65 Å². The molecule has 0 aliphatic heterocycles. The summed E-state index contributed by atoms with van der Waals surface area (Å²) in [7, 11) is 0. The number of aryl methyl sites for hydroxylation is 2. The molecule has 5 nitrogen and oxygen atoms in total. The molecule has 120 valence electrons. The molecule has 4 aromatic heterocycles. The summed E-state index contributed by atoms with van der Waals surface area (Å²) in [5.74, 6) is 0. The van der Waals surface area contributed by atoms with Gasteiger partial charge in [-0.15, -0.1) is 0 Å². The van der Waals surface area contributed by atoms with Gasteiger partial charge in [-0.25, -0.2) is 4.98 Å². The Bertz CT molecular complexity index is 982. The molecular formula is C19H19N5. The summed E-state index contributed by atoms with van der Waals surface area (Å²) in [5, 5.41) is 4.37. The van der Waals surface area contributed by atoms with Crippen molar-refractivity contribution in [2.45, 2.75) is 26.8 Å². The maximum atomic E-state index is 4.70. The lowest BCUT2D eigenvalue weighted by Crippen LogP contribution is -1.98. The first kappa shape index (κ1) is 14.6. The molecule has 0 unspecified atom stereocenters. The third-order valence-corrected chi connectivity index (χ3v) is 4.40. The second-order valence-electron chi connectivity index (χ2n) is 5.93. The molecule has 0 amide bonds. The molecule has 0 radical (unpaired) electrons. The van der Waals surface area contributed by atoms with Gasteiger partial charge < -0.3 is 0 Å². The summed E-state index contributed by atoms with van der Waals surface area (Å²) in [6.45, 7) is 5.09. The van der Waals surface area contributed by atoms with Gasteiger partial charge in [0.1, 0.15) is 5.65 Å². The molecule has 0 bridgehead atoms. The topological polar surface area (TPSA) is 48.0 Å². The summed E-state index contributed by atoms with van der Waals surface area (Å²) >= 11 is 0. The first-order valence-corrected chi connectivity index (χ1v) is 8.13. The van der Waals surface area contributed by atoms with Gasteiger partial charge in [-0.3, -0.25) is 14.1 Å². The van der Waals surface area contributed by atoms with Gasteiger partial charge in [-0.05, 0) is 43.2 Å². The molecule has 4 rings (SSSR count). The van der Waals surface area contributed by atoms with Crippen LogP contribution in [0.2, 0.25) is 0 Å². The summed E-state index contributed by atoms with van der Waals surface area (Å²) in [6.07, 6.45) is 12.5. The molecule has 0 N–H and O–H groups in total. The number of fused-ring (bicyclic) bond motifs is 1. The fraction of sp³-hybridized carbons (Fsp3) is 0.211. The number of pyridine rings is 2. The standard InChI is InChI=1S/C19H19N5/c1-3-23-13-16(11-22-23)18-12-21-19-17(14(2)6-9-24(18)19)10-15-4-7-20-8-5-15/h4-9,11-13H,3,10H2,1-2H3. The van der Waals surface area contributed by atoms with Crippen molar-refractivity contribution in [3.8, 4) is 11.3 Å². The molecule has 0 atom stereocenters. The Balaban J connectivity index is 1.82. The third-order valence-electron chi connectivity index (χ3n) is 4.40. The van der Waals surface area contributed by atoms with Crippen molar-refractivity contribution in [3.63, 3.8) is 0 Å². The van der Waals surface area contributed by atoms with Crippen LogP contribution in [0.15, 0.2) is 55.4 Å². The van der Waals surface area contributed by atoms with Crippen LogP contribution in [0.25, 0.3) is 16.9 Å². The summed E-state index contributed by atoms with van der Waals surface area (Å²) < 4.78 is 4.08. The van der Waals surface area contributed by atoms with Gasteiger partial charge >= 0.3 is 0 Å². The first-order chi connectivity index (χ1) is 11.8. The number of hydrogen-bond acceptors (Lipinski definition) is 3. The Morgan fingerprint density at radius 2 is 1.92 bits per heavy atom.